The maximum Gasteiger partial charge on any atom is 0.246 e. The second kappa shape index (κ2) is 9.85. The molecule has 2 aliphatic carbocycles. The van der Waals surface area contributed by atoms with Crippen LogP contribution >= 0.6 is 0 Å². The van der Waals surface area contributed by atoms with Gasteiger partial charge in [0, 0.05) is 36.3 Å². The fourth-order valence-electron chi connectivity index (χ4n) is 5.29. The molecule has 204 valence electrons. The van der Waals surface area contributed by atoms with E-state index in [2.05, 4.69) is 20.5 Å². The number of rotatable bonds is 8. The van der Waals surface area contributed by atoms with Crippen molar-refractivity contribution < 1.29 is 17.6 Å². The molecule has 0 atom stereocenters. The Hall–Kier alpha value is -4.05. The zero-order valence-corrected chi connectivity index (χ0v) is 21.9. The normalized spacial score (nSPS) is 15.6. The van der Waals surface area contributed by atoms with E-state index in [1.165, 1.54) is 37.5 Å². The lowest BCUT2D eigenvalue weighted by Gasteiger charge is -2.25. The second-order valence-corrected chi connectivity index (χ2v) is 10.9. The summed E-state index contributed by atoms with van der Waals surface area (Å²) in [5, 5.41) is 11.4. The van der Waals surface area contributed by atoms with E-state index in [1.54, 1.807) is 30.1 Å². The molecule has 2 fully saturated rings. The fraction of sp³-hybridized carbons (Fsp3) is 0.333. The van der Waals surface area contributed by atoms with Crippen LogP contribution in [0.25, 0.3) is 45.2 Å². The van der Waals surface area contributed by atoms with Gasteiger partial charge in [0.05, 0.1) is 0 Å². The largest absolute Gasteiger partial charge is 0.431 e. The SMILES string of the molecule is Cn1cnnc1-c1cc(F)ccc1-c1cc(-c2nc3cc(CNCC4CCC4)c(F)c(F)c3o2)nc(C2CC2)c1. The lowest BCUT2D eigenvalue weighted by molar-refractivity contribution is 0.300. The first-order chi connectivity index (χ1) is 19.4. The van der Waals surface area contributed by atoms with E-state index in [0.717, 1.165) is 36.2 Å². The number of fused-ring (bicyclic) bond motifs is 1. The molecule has 0 saturated heterocycles. The standard InChI is InChI=1S/C30H27F3N6O/c1-39-15-35-38-29(39)22-12-20(31)7-8-21(22)18-9-23(17-5-6-17)36-25(10-18)30-37-24-11-19(14-34-13-16-3-2-4-16)26(32)27(33)28(24)40-30/h7-12,15-17,34H,2-6,13-14H2,1H3. The Balaban J connectivity index is 1.29. The molecule has 0 bridgehead atoms. The zero-order chi connectivity index (χ0) is 27.4. The van der Waals surface area contributed by atoms with Crippen molar-refractivity contribution in [3.05, 3.63) is 71.4 Å². The summed E-state index contributed by atoms with van der Waals surface area (Å²) in [6, 6.07) is 9.80. The van der Waals surface area contributed by atoms with E-state index in [4.69, 9.17) is 9.40 Å². The molecule has 0 amide bonds. The van der Waals surface area contributed by atoms with Crippen LogP contribution in [-0.2, 0) is 13.6 Å². The van der Waals surface area contributed by atoms with Gasteiger partial charge in [-0.3, -0.25) is 0 Å². The molecule has 0 radical (unpaired) electrons. The van der Waals surface area contributed by atoms with Gasteiger partial charge in [-0.1, -0.05) is 12.5 Å². The van der Waals surface area contributed by atoms with Crippen molar-refractivity contribution in [3.8, 4) is 34.1 Å². The van der Waals surface area contributed by atoms with E-state index >= 15 is 4.39 Å². The minimum atomic E-state index is -1.06. The van der Waals surface area contributed by atoms with Crippen LogP contribution < -0.4 is 5.32 Å². The number of oxazole rings is 1. The molecule has 2 saturated carbocycles. The summed E-state index contributed by atoms with van der Waals surface area (Å²) in [7, 11) is 1.79. The molecule has 2 aromatic carbocycles. The van der Waals surface area contributed by atoms with Crippen molar-refractivity contribution in [2.45, 2.75) is 44.6 Å². The highest BCUT2D eigenvalue weighted by Crippen LogP contribution is 2.43. The van der Waals surface area contributed by atoms with Gasteiger partial charge in [-0.15, -0.1) is 10.2 Å². The maximum atomic E-state index is 15.1. The van der Waals surface area contributed by atoms with E-state index in [0.29, 0.717) is 23.0 Å². The van der Waals surface area contributed by atoms with Crippen LogP contribution in [0.4, 0.5) is 13.2 Å². The summed E-state index contributed by atoms with van der Waals surface area (Å²) in [6.45, 7) is 0.996. The van der Waals surface area contributed by atoms with Crippen LogP contribution in [0.3, 0.4) is 0 Å². The van der Waals surface area contributed by atoms with Gasteiger partial charge in [0.1, 0.15) is 23.4 Å². The lowest BCUT2D eigenvalue weighted by atomic mass is 9.85. The van der Waals surface area contributed by atoms with Gasteiger partial charge >= 0.3 is 0 Å². The molecule has 5 aromatic rings. The third-order valence-corrected chi connectivity index (χ3v) is 7.92. The minimum absolute atomic E-state index is 0.0962. The van der Waals surface area contributed by atoms with Crippen molar-refractivity contribution in [2.24, 2.45) is 13.0 Å². The Bertz CT molecular complexity index is 1740. The van der Waals surface area contributed by atoms with Gasteiger partial charge in [0.15, 0.2) is 17.2 Å². The average Bonchev–Trinajstić information content (AvgIpc) is 3.55. The van der Waals surface area contributed by atoms with Gasteiger partial charge in [-0.2, -0.15) is 4.39 Å². The Labute approximate surface area is 228 Å². The van der Waals surface area contributed by atoms with Gasteiger partial charge < -0.3 is 14.3 Å². The third kappa shape index (κ3) is 4.56. The monoisotopic (exact) mass is 544 g/mol. The second-order valence-electron chi connectivity index (χ2n) is 10.9. The molecular formula is C30H27F3N6O. The molecule has 3 aromatic heterocycles. The van der Waals surface area contributed by atoms with Crippen LogP contribution in [-0.4, -0.2) is 31.3 Å². The number of aromatic nitrogens is 5. The first kappa shape index (κ1) is 25.0. The molecular weight excluding hydrogens is 517 g/mol. The topological polar surface area (TPSA) is 81.7 Å². The molecule has 10 heteroatoms. The average molecular weight is 545 g/mol. The predicted molar refractivity (Wildman–Crippen MR) is 144 cm³/mol. The quantitative estimate of drug-likeness (QED) is 0.239. The molecule has 40 heavy (non-hydrogen) atoms. The summed E-state index contributed by atoms with van der Waals surface area (Å²) in [5.41, 5.74) is 3.51. The predicted octanol–water partition coefficient (Wildman–Crippen LogP) is 6.54. The van der Waals surface area contributed by atoms with E-state index in [9.17, 15) is 8.78 Å². The molecule has 2 aliphatic rings. The van der Waals surface area contributed by atoms with Gasteiger partial charge in [-0.05, 0) is 79.6 Å². The molecule has 3 heterocycles. The molecule has 0 spiro atoms. The van der Waals surface area contributed by atoms with Gasteiger partial charge in [0.2, 0.25) is 11.7 Å². The minimum Gasteiger partial charge on any atom is -0.431 e. The molecule has 1 N–H and O–H groups in total. The van der Waals surface area contributed by atoms with E-state index in [-0.39, 0.29) is 35.0 Å². The number of pyridine rings is 1. The smallest absolute Gasteiger partial charge is 0.246 e. The first-order valence-electron chi connectivity index (χ1n) is 13.6. The van der Waals surface area contributed by atoms with Crippen LogP contribution in [0.1, 0.15) is 49.3 Å². The highest BCUT2D eigenvalue weighted by Gasteiger charge is 2.28. The van der Waals surface area contributed by atoms with Crippen molar-refractivity contribution >= 4 is 11.1 Å². The molecule has 0 unspecified atom stereocenters. The summed E-state index contributed by atoms with van der Waals surface area (Å²) < 4.78 is 51.8. The Morgan fingerprint density at radius 1 is 0.975 bits per heavy atom. The van der Waals surface area contributed by atoms with Crippen LogP contribution in [0.2, 0.25) is 0 Å². The maximum absolute atomic E-state index is 15.1. The Morgan fingerprint density at radius 3 is 2.55 bits per heavy atom. The van der Waals surface area contributed by atoms with Crippen LogP contribution in [0.15, 0.2) is 47.1 Å². The number of aryl methyl sites for hydroxylation is 1. The Kier molecular flexibility index (Phi) is 6.14. The highest BCUT2D eigenvalue weighted by molar-refractivity contribution is 5.83. The molecule has 7 nitrogen and oxygen atoms in total. The molecule has 0 aliphatic heterocycles. The van der Waals surface area contributed by atoms with Crippen molar-refractivity contribution in [2.75, 3.05) is 6.54 Å². The number of halogens is 3. The number of hydrogen-bond donors (Lipinski definition) is 1. The van der Waals surface area contributed by atoms with Crippen LogP contribution in [0, 0.1) is 23.4 Å². The lowest BCUT2D eigenvalue weighted by Crippen LogP contribution is -2.27. The summed E-state index contributed by atoms with van der Waals surface area (Å²) >= 11 is 0. The van der Waals surface area contributed by atoms with Gasteiger partial charge in [0.25, 0.3) is 0 Å². The molecule has 7 rings (SSSR count). The number of nitrogens with zero attached hydrogens (tertiary/aromatic N) is 5. The zero-order valence-electron chi connectivity index (χ0n) is 21.9. The fourth-order valence-corrected chi connectivity index (χ4v) is 5.29. The number of nitrogens with one attached hydrogen (secondary N) is 1. The van der Waals surface area contributed by atoms with Crippen LogP contribution in [0.5, 0.6) is 0 Å². The van der Waals surface area contributed by atoms with E-state index in [1.807, 2.05) is 6.07 Å². The van der Waals surface area contributed by atoms with Crippen molar-refractivity contribution in [1.82, 2.24) is 30.0 Å². The number of hydrogen-bond acceptors (Lipinski definition) is 6. The highest BCUT2D eigenvalue weighted by atomic mass is 19.2. The summed E-state index contributed by atoms with van der Waals surface area (Å²) in [5.74, 6) is -0.894. The summed E-state index contributed by atoms with van der Waals surface area (Å²) in [6.07, 6.45) is 7.12. The van der Waals surface area contributed by atoms with Crippen molar-refractivity contribution in [1.29, 1.82) is 0 Å². The van der Waals surface area contributed by atoms with Crippen molar-refractivity contribution in [3.63, 3.8) is 0 Å². The van der Waals surface area contributed by atoms with E-state index < -0.39 is 17.5 Å². The third-order valence-electron chi connectivity index (χ3n) is 7.92. The first-order valence-corrected chi connectivity index (χ1v) is 13.6. The Morgan fingerprint density at radius 2 is 1.82 bits per heavy atom. The number of benzene rings is 2. The van der Waals surface area contributed by atoms with Gasteiger partial charge in [-0.25, -0.2) is 18.7 Å². The summed E-state index contributed by atoms with van der Waals surface area (Å²) in [4.78, 5) is 9.30.